The molecular weight excluding hydrogens is 235 g/mol. The van der Waals surface area contributed by atoms with Crippen molar-refractivity contribution in [2.45, 2.75) is 33.6 Å². The normalized spacial score (nSPS) is 13.1. The van der Waals surface area contributed by atoms with Gasteiger partial charge >= 0.3 is 7.60 Å². The Kier molecular flexibility index (Phi) is 8.15. The quantitative estimate of drug-likeness (QED) is 0.378. The second-order valence-electron chi connectivity index (χ2n) is 4.08. The molecule has 0 amide bonds. The Morgan fingerprint density at radius 1 is 1.18 bits per heavy atom. The van der Waals surface area contributed by atoms with Crippen LogP contribution in [0.5, 0.6) is 0 Å². The van der Waals surface area contributed by atoms with Gasteiger partial charge in [-0.2, -0.15) is 0 Å². The molecule has 0 atom stereocenters. The van der Waals surface area contributed by atoms with E-state index >= 15 is 0 Å². The van der Waals surface area contributed by atoms with Crippen LogP contribution in [0.2, 0.25) is 0 Å². The molecule has 98 valence electrons. The standard InChI is InChI=1S/C13H23O3P/c1-12(2)8-6-9-13(3)10-7-11-17(14,15-4)16-5/h7-8,10-11H,6,9H2,1-5H3/b11-7+,13-10+. The average molecular weight is 258 g/mol. The van der Waals surface area contributed by atoms with Gasteiger partial charge in [-0.1, -0.05) is 29.4 Å². The summed E-state index contributed by atoms with van der Waals surface area (Å²) in [5, 5.41) is 0. The molecule has 0 saturated carbocycles. The van der Waals surface area contributed by atoms with E-state index in [9.17, 15) is 4.57 Å². The summed E-state index contributed by atoms with van der Waals surface area (Å²) in [6.07, 6.45) is 7.90. The molecule has 0 aromatic carbocycles. The Balaban J connectivity index is 4.28. The van der Waals surface area contributed by atoms with Crippen LogP contribution in [0, 0.1) is 0 Å². The summed E-state index contributed by atoms with van der Waals surface area (Å²) in [5.74, 6) is 1.47. The largest absolute Gasteiger partial charge is 0.353 e. The minimum absolute atomic E-state index is 1.000. The predicted molar refractivity (Wildman–Crippen MR) is 73.2 cm³/mol. The molecule has 0 aromatic heterocycles. The van der Waals surface area contributed by atoms with E-state index in [1.165, 1.54) is 31.2 Å². The molecule has 0 aliphatic rings. The zero-order valence-electron chi connectivity index (χ0n) is 11.4. The highest BCUT2D eigenvalue weighted by Crippen LogP contribution is 2.47. The third kappa shape index (κ3) is 8.14. The van der Waals surface area contributed by atoms with E-state index < -0.39 is 7.60 Å². The first-order chi connectivity index (χ1) is 7.93. The minimum atomic E-state index is -3.02. The zero-order chi connectivity index (χ0) is 13.3. The number of rotatable bonds is 7. The molecule has 0 aliphatic carbocycles. The van der Waals surface area contributed by atoms with Crippen LogP contribution in [0.4, 0.5) is 0 Å². The molecular formula is C13H23O3P. The fourth-order valence-electron chi connectivity index (χ4n) is 1.18. The molecule has 0 aliphatic heterocycles. The van der Waals surface area contributed by atoms with Crippen molar-refractivity contribution in [1.29, 1.82) is 0 Å². The van der Waals surface area contributed by atoms with E-state index in [0.29, 0.717) is 0 Å². The van der Waals surface area contributed by atoms with Crippen molar-refractivity contribution in [3.8, 4) is 0 Å². The lowest BCUT2D eigenvalue weighted by Gasteiger charge is -2.07. The lowest BCUT2D eigenvalue weighted by molar-refractivity contribution is 0.286. The molecule has 0 saturated heterocycles. The molecule has 0 radical (unpaired) electrons. The Morgan fingerprint density at radius 2 is 1.76 bits per heavy atom. The summed E-state index contributed by atoms with van der Waals surface area (Å²) in [7, 11) is -0.266. The Morgan fingerprint density at radius 3 is 2.24 bits per heavy atom. The first-order valence-electron chi connectivity index (χ1n) is 5.63. The van der Waals surface area contributed by atoms with Gasteiger partial charge in [0.25, 0.3) is 0 Å². The summed E-state index contributed by atoms with van der Waals surface area (Å²) in [6.45, 7) is 6.23. The van der Waals surface area contributed by atoms with Gasteiger partial charge < -0.3 is 9.05 Å². The van der Waals surface area contributed by atoms with Crippen molar-refractivity contribution in [2.24, 2.45) is 0 Å². The maximum Gasteiger partial charge on any atom is 0.353 e. The van der Waals surface area contributed by atoms with Crippen LogP contribution in [0.15, 0.2) is 35.2 Å². The van der Waals surface area contributed by atoms with Crippen LogP contribution in [0.1, 0.15) is 33.6 Å². The number of allylic oxidation sites excluding steroid dienone is 5. The summed E-state index contributed by atoms with van der Waals surface area (Å²) in [6, 6.07) is 0. The van der Waals surface area contributed by atoms with Gasteiger partial charge in [0.2, 0.25) is 0 Å². The second-order valence-corrected chi connectivity index (χ2v) is 6.19. The van der Waals surface area contributed by atoms with Gasteiger partial charge in [0.05, 0.1) is 0 Å². The molecule has 3 nitrogen and oxygen atoms in total. The molecule has 0 bridgehead atoms. The molecule has 0 spiro atoms. The summed E-state index contributed by atoms with van der Waals surface area (Å²) < 4.78 is 21.2. The Bertz CT molecular complexity index is 342. The SMILES string of the molecule is COP(=O)(/C=C/C=C(\C)CCC=C(C)C)OC. The third-order valence-corrected chi connectivity index (χ3v) is 3.80. The van der Waals surface area contributed by atoms with E-state index in [0.717, 1.165) is 12.8 Å². The Hall–Kier alpha value is -0.630. The highest BCUT2D eigenvalue weighted by molar-refractivity contribution is 7.57. The maximum atomic E-state index is 11.7. The van der Waals surface area contributed by atoms with Crippen molar-refractivity contribution >= 4 is 7.60 Å². The van der Waals surface area contributed by atoms with E-state index in [1.54, 1.807) is 6.08 Å². The van der Waals surface area contributed by atoms with E-state index in [4.69, 9.17) is 9.05 Å². The van der Waals surface area contributed by atoms with Gasteiger partial charge in [-0.15, -0.1) is 0 Å². The monoisotopic (exact) mass is 258 g/mol. The summed E-state index contributed by atoms with van der Waals surface area (Å²) >= 11 is 0. The van der Waals surface area contributed by atoms with E-state index in [2.05, 4.69) is 19.9 Å². The fraction of sp³-hybridized carbons (Fsp3) is 0.538. The summed E-state index contributed by atoms with van der Waals surface area (Å²) in [4.78, 5) is 0. The highest BCUT2D eigenvalue weighted by Gasteiger charge is 2.14. The molecule has 0 aromatic rings. The van der Waals surface area contributed by atoms with Crippen molar-refractivity contribution in [1.82, 2.24) is 0 Å². The highest BCUT2D eigenvalue weighted by atomic mass is 31.2. The first-order valence-corrected chi connectivity index (χ1v) is 7.24. The van der Waals surface area contributed by atoms with Crippen molar-refractivity contribution in [2.75, 3.05) is 14.2 Å². The van der Waals surface area contributed by atoms with Gasteiger partial charge in [0.15, 0.2) is 0 Å². The summed E-state index contributed by atoms with van der Waals surface area (Å²) in [5.41, 5.74) is 2.56. The fourth-order valence-corrected chi connectivity index (χ4v) is 1.87. The van der Waals surface area contributed by atoms with Gasteiger partial charge in [0.1, 0.15) is 0 Å². The third-order valence-electron chi connectivity index (χ3n) is 2.25. The zero-order valence-corrected chi connectivity index (χ0v) is 12.3. The van der Waals surface area contributed by atoms with Crippen LogP contribution in [-0.4, -0.2) is 14.2 Å². The molecule has 17 heavy (non-hydrogen) atoms. The van der Waals surface area contributed by atoms with Crippen LogP contribution in [0.3, 0.4) is 0 Å². The van der Waals surface area contributed by atoms with E-state index in [-0.39, 0.29) is 0 Å². The van der Waals surface area contributed by atoms with Crippen LogP contribution < -0.4 is 0 Å². The second kappa shape index (κ2) is 8.46. The van der Waals surface area contributed by atoms with Gasteiger partial charge in [0, 0.05) is 20.0 Å². The van der Waals surface area contributed by atoms with Crippen molar-refractivity contribution in [3.05, 3.63) is 35.2 Å². The average Bonchev–Trinajstić information content (AvgIpc) is 2.28. The molecule has 0 fully saturated rings. The van der Waals surface area contributed by atoms with Gasteiger partial charge in [-0.3, -0.25) is 4.57 Å². The smallest absolute Gasteiger partial charge is 0.309 e. The lowest BCUT2D eigenvalue weighted by atomic mass is 10.1. The first kappa shape index (κ1) is 16.4. The van der Waals surface area contributed by atoms with Crippen LogP contribution >= 0.6 is 7.60 Å². The Labute approximate surface area is 105 Å². The van der Waals surface area contributed by atoms with E-state index in [1.807, 2.05) is 13.0 Å². The molecule has 0 rings (SSSR count). The minimum Gasteiger partial charge on any atom is -0.309 e. The van der Waals surface area contributed by atoms with Crippen LogP contribution in [0.25, 0.3) is 0 Å². The van der Waals surface area contributed by atoms with Crippen LogP contribution in [-0.2, 0) is 13.6 Å². The maximum absolute atomic E-state index is 11.7. The molecule has 4 heteroatoms. The predicted octanol–water partition coefficient (Wildman–Crippen LogP) is 4.68. The van der Waals surface area contributed by atoms with Gasteiger partial charge in [-0.05, 0) is 33.6 Å². The lowest BCUT2D eigenvalue weighted by Crippen LogP contribution is -1.83. The van der Waals surface area contributed by atoms with Gasteiger partial charge in [-0.25, -0.2) is 0 Å². The van der Waals surface area contributed by atoms with Crippen molar-refractivity contribution in [3.63, 3.8) is 0 Å². The number of hydrogen-bond donors (Lipinski definition) is 0. The number of hydrogen-bond acceptors (Lipinski definition) is 3. The molecule has 0 heterocycles. The molecule has 0 unspecified atom stereocenters. The molecule has 0 N–H and O–H groups in total. The van der Waals surface area contributed by atoms with Crippen molar-refractivity contribution < 1.29 is 13.6 Å². The topological polar surface area (TPSA) is 35.5 Å².